The van der Waals surface area contributed by atoms with Gasteiger partial charge in [-0.1, -0.05) is 12.8 Å². The number of aliphatic carboxylic acids is 1. The van der Waals surface area contributed by atoms with E-state index in [2.05, 4.69) is 11.6 Å². The normalized spacial score (nSPS) is 24.8. The summed E-state index contributed by atoms with van der Waals surface area (Å²) in [5.74, 6) is -0.673. The third kappa shape index (κ3) is 6.94. The molecule has 3 nitrogen and oxygen atoms in total. The van der Waals surface area contributed by atoms with Crippen LogP contribution in [-0.4, -0.2) is 35.2 Å². The largest absolute Gasteiger partial charge is 0.481 e. The highest BCUT2D eigenvalue weighted by Gasteiger charge is 2.20. The fourth-order valence-corrected chi connectivity index (χ4v) is 3.26. The first-order chi connectivity index (χ1) is 8.22. The Hall–Kier alpha value is -0.220. The number of unbranched alkanes of at least 4 members (excludes halogenated alkanes) is 2. The van der Waals surface area contributed by atoms with Crippen LogP contribution in [0.1, 0.15) is 51.4 Å². The van der Waals surface area contributed by atoms with Gasteiger partial charge in [-0.3, -0.25) is 4.79 Å². The first kappa shape index (κ1) is 14.8. The number of hydrogen-bond donors (Lipinski definition) is 2. The van der Waals surface area contributed by atoms with Crippen molar-refractivity contribution in [1.82, 2.24) is 5.32 Å². The van der Waals surface area contributed by atoms with Crippen LogP contribution in [0.15, 0.2) is 0 Å². The van der Waals surface area contributed by atoms with Crippen molar-refractivity contribution in [3.63, 3.8) is 0 Å². The van der Waals surface area contributed by atoms with Crippen molar-refractivity contribution < 1.29 is 9.90 Å². The van der Waals surface area contributed by atoms with Crippen molar-refractivity contribution in [1.29, 1.82) is 0 Å². The minimum Gasteiger partial charge on any atom is -0.481 e. The van der Waals surface area contributed by atoms with E-state index in [1.165, 1.54) is 25.7 Å². The topological polar surface area (TPSA) is 49.3 Å². The lowest BCUT2D eigenvalue weighted by atomic mass is 9.95. The van der Waals surface area contributed by atoms with E-state index in [1.54, 1.807) is 0 Å². The predicted molar refractivity (Wildman–Crippen MR) is 73.7 cm³/mol. The van der Waals surface area contributed by atoms with Crippen LogP contribution in [-0.2, 0) is 4.79 Å². The molecule has 2 N–H and O–H groups in total. The maximum absolute atomic E-state index is 10.3. The monoisotopic (exact) mass is 259 g/mol. The molecule has 0 amide bonds. The van der Waals surface area contributed by atoms with Gasteiger partial charge < -0.3 is 10.4 Å². The Morgan fingerprint density at radius 1 is 1.35 bits per heavy atom. The molecule has 4 heteroatoms. The maximum Gasteiger partial charge on any atom is 0.303 e. The van der Waals surface area contributed by atoms with Crippen molar-refractivity contribution in [3.8, 4) is 0 Å². The molecule has 0 spiro atoms. The summed E-state index contributed by atoms with van der Waals surface area (Å²) >= 11 is 1.99. The first-order valence-corrected chi connectivity index (χ1v) is 7.99. The van der Waals surface area contributed by atoms with E-state index in [0.717, 1.165) is 31.1 Å². The van der Waals surface area contributed by atoms with Crippen LogP contribution in [0.5, 0.6) is 0 Å². The molecule has 1 saturated carbocycles. The summed E-state index contributed by atoms with van der Waals surface area (Å²) in [5, 5.41) is 13.0. The van der Waals surface area contributed by atoms with Gasteiger partial charge in [-0.15, -0.1) is 0 Å². The molecule has 1 fully saturated rings. The molecule has 0 radical (unpaired) electrons. The molecule has 1 aliphatic carbocycles. The highest BCUT2D eigenvalue weighted by molar-refractivity contribution is 7.99. The third-order valence-corrected chi connectivity index (χ3v) is 4.55. The van der Waals surface area contributed by atoms with Crippen LogP contribution in [0.3, 0.4) is 0 Å². The van der Waals surface area contributed by atoms with Gasteiger partial charge in [0, 0.05) is 17.7 Å². The van der Waals surface area contributed by atoms with E-state index in [9.17, 15) is 4.79 Å². The van der Waals surface area contributed by atoms with Crippen molar-refractivity contribution >= 4 is 17.7 Å². The summed E-state index contributed by atoms with van der Waals surface area (Å²) in [7, 11) is 0. The Labute approximate surface area is 109 Å². The van der Waals surface area contributed by atoms with Gasteiger partial charge in [0.15, 0.2) is 0 Å². The Morgan fingerprint density at radius 3 is 2.88 bits per heavy atom. The fraction of sp³-hybridized carbons (Fsp3) is 0.923. The maximum atomic E-state index is 10.3. The van der Waals surface area contributed by atoms with Gasteiger partial charge in [-0.25, -0.2) is 0 Å². The van der Waals surface area contributed by atoms with Gasteiger partial charge in [-0.2, -0.15) is 11.8 Å². The zero-order valence-corrected chi connectivity index (χ0v) is 11.6. The van der Waals surface area contributed by atoms with Gasteiger partial charge >= 0.3 is 5.97 Å². The Morgan fingerprint density at radius 2 is 2.18 bits per heavy atom. The Kier molecular flexibility index (Phi) is 7.69. The smallest absolute Gasteiger partial charge is 0.303 e. The summed E-state index contributed by atoms with van der Waals surface area (Å²) in [6.07, 6.45) is 10.8. The molecule has 0 aromatic rings. The zero-order valence-electron chi connectivity index (χ0n) is 10.8. The molecular weight excluding hydrogens is 234 g/mol. The quantitative estimate of drug-likeness (QED) is 0.658. The summed E-state index contributed by atoms with van der Waals surface area (Å²) in [6.45, 7) is 1.05. The van der Waals surface area contributed by atoms with Crippen LogP contribution < -0.4 is 5.32 Å². The van der Waals surface area contributed by atoms with Gasteiger partial charge in [-0.05, 0) is 44.9 Å². The molecular formula is C13H25NO2S. The zero-order chi connectivity index (χ0) is 12.5. The van der Waals surface area contributed by atoms with E-state index in [1.807, 2.05) is 11.8 Å². The first-order valence-electron chi connectivity index (χ1n) is 6.70. The Bertz CT molecular complexity index is 223. The van der Waals surface area contributed by atoms with Crippen LogP contribution in [0.25, 0.3) is 0 Å². The summed E-state index contributed by atoms with van der Waals surface area (Å²) in [4.78, 5) is 10.3. The lowest BCUT2D eigenvalue weighted by Gasteiger charge is -2.28. The van der Waals surface area contributed by atoms with Crippen LogP contribution in [0.4, 0.5) is 0 Å². The van der Waals surface area contributed by atoms with E-state index in [-0.39, 0.29) is 0 Å². The average molecular weight is 259 g/mol. The van der Waals surface area contributed by atoms with Crippen molar-refractivity contribution in [2.75, 3.05) is 12.8 Å². The average Bonchev–Trinajstić information content (AvgIpc) is 2.33. The number of carbonyl (C=O) groups is 1. The van der Waals surface area contributed by atoms with E-state index in [0.29, 0.717) is 12.5 Å². The second kappa shape index (κ2) is 8.81. The number of thioether (sulfide) groups is 1. The second-order valence-electron chi connectivity index (χ2n) is 4.88. The number of nitrogens with one attached hydrogen (secondary N) is 1. The molecule has 0 bridgehead atoms. The number of rotatable bonds is 8. The molecule has 0 aromatic carbocycles. The molecule has 100 valence electrons. The molecule has 2 unspecified atom stereocenters. The molecule has 0 aliphatic heterocycles. The number of carboxylic acids is 1. The van der Waals surface area contributed by atoms with Crippen molar-refractivity contribution in [2.24, 2.45) is 0 Å². The Balaban J connectivity index is 1.97. The molecule has 2 atom stereocenters. The number of hydrogen-bond acceptors (Lipinski definition) is 3. The predicted octanol–water partition coefficient (Wildman–Crippen LogP) is 2.90. The summed E-state index contributed by atoms with van der Waals surface area (Å²) < 4.78 is 0. The molecule has 0 aromatic heterocycles. The second-order valence-corrected chi connectivity index (χ2v) is 6.02. The minimum absolute atomic E-state index is 0.317. The SMILES string of the molecule is CSC1CCCC(NCCCCCC(=O)O)C1. The third-order valence-electron chi connectivity index (χ3n) is 3.46. The minimum atomic E-state index is -0.673. The fourth-order valence-electron chi connectivity index (χ4n) is 2.43. The van der Waals surface area contributed by atoms with Crippen LogP contribution in [0.2, 0.25) is 0 Å². The molecule has 17 heavy (non-hydrogen) atoms. The van der Waals surface area contributed by atoms with E-state index >= 15 is 0 Å². The van der Waals surface area contributed by atoms with Crippen molar-refractivity contribution in [2.45, 2.75) is 62.7 Å². The summed E-state index contributed by atoms with van der Waals surface area (Å²) in [6, 6.07) is 0.695. The van der Waals surface area contributed by atoms with Gasteiger partial charge in [0.2, 0.25) is 0 Å². The highest BCUT2D eigenvalue weighted by atomic mass is 32.2. The molecule has 1 rings (SSSR count). The van der Waals surface area contributed by atoms with Crippen LogP contribution in [0, 0.1) is 0 Å². The van der Waals surface area contributed by atoms with E-state index in [4.69, 9.17) is 5.11 Å². The lowest BCUT2D eigenvalue weighted by Crippen LogP contribution is -2.35. The van der Waals surface area contributed by atoms with Gasteiger partial charge in [0.1, 0.15) is 0 Å². The van der Waals surface area contributed by atoms with Crippen molar-refractivity contribution in [3.05, 3.63) is 0 Å². The molecule has 0 heterocycles. The van der Waals surface area contributed by atoms with Crippen LogP contribution >= 0.6 is 11.8 Å². The summed E-state index contributed by atoms with van der Waals surface area (Å²) in [5.41, 5.74) is 0. The van der Waals surface area contributed by atoms with Gasteiger partial charge in [0.05, 0.1) is 0 Å². The molecule has 1 aliphatic rings. The lowest BCUT2D eigenvalue weighted by molar-refractivity contribution is -0.137. The number of carboxylic acid groups (broad SMARTS) is 1. The molecule has 0 saturated heterocycles. The highest BCUT2D eigenvalue weighted by Crippen LogP contribution is 2.26. The van der Waals surface area contributed by atoms with E-state index < -0.39 is 5.97 Å². The van der Waals surface area contributed by atoms with Gasteiger partial charge in [0.25, 0.3) is 0 Å². The standard InChI is InChI=1S/C13H25NO2S/c1-17-12-7-5-6-11(10-12)14-9-4-2-3-8-13(15)16/h11-12,14H,2-10H2,1H3,(H,15,16).